The molecule has 0 heterocycles. The number of carbonyl (C=O) groups is 4. The molecular formula is C19H38N8O6S. The Morgan fingerprint density at radius 2 is 1.56 bits per heavy atom. The first-order valence-corrected chi connectivity index (χ1v) is 11.5. The SMILES string of the molecule is CC(O)C(NC(=O)C(N)CCCN=C(N)N)C(=O)NC(CCCCN)C(=O)NC(CS)C(=O)O. The Hall–Kier alpha value is -2.62. The fourth-order valence-corrected chi connectivity index (χ4v) is 3.04. The molecule has 5 atom stereocenters. The first kappa shape index (κ1) is 31.4. The number of aliphatic hydroxyl groups excluding tert-OH is 1. The van der Waals surface area contributed by atoms with Gasteiger partial charge in [-0.05, 0) is 45.6 Å². The van der Waals surface area contributed by atoms with Gasteiger partial charge in [0.1, 0.15) is 18.1 Å². The maximum Gasteiger partial charge on any atom is 0.327 e. The van der Waals surface area contributed by atoms with Crippen molar-refractivity contribution < 1.29 is 29.4 Å². The maximum atomic E-state index is 12.8. The van der Waals surface area contributed by atoms with Gasteiger partial charge < -0.3 is 49.1 Å². The van der Waals surface area contributed by atoms with Gasteiger partial charge >= 0.3 is 5.97 Å². The number of nitrogens with two attached hydrogens (primary N) is 4. The third kappa shape index (κ3) is 12.6. The molecule has 34 heavy (non-hydrogen) atoms. The molecule has 14 nitrogen and oxygen atoms in total. The molecule has 0 fully saturated rings. The van der Waals surface area contributed by atoms with Crippen molar-refractivity contribution in [2.45, 2.75) is 69.3 Å². The summed E-state index contributed by atoms with van der Waals surface area (Å²) < 4.78 is 0. The average molecular weight is 507 g/mol. The van der Waals surface area contributed by atoms with Crippen LogP contribution in [-0.4, -0.2) is 89.0 Å². The summed E-state index contributed by atoms with van der Waals surface area (Å²) in [6, 6.07) is -4.76. The smallest absolute Gasteiger partial charge is 0.327 e. The van der Waals surface area contributed by atoms with E-state index in [0.29, 0.717) is 25.8 Å². The number of carboxylic acids is 1. The number of nitrogens with one attached hydrogen (secondary N) is 3. The van der Waals surface area contributed by atoms with Gasteiger partial charge in [0.2, 0.25) is 17.7 Å². The van der Waals surface area contributed by atoms with Crippen LogP contribution >= 0.6 is 12.6 Å². The predicted molar refractivity (Wildman–Crippen MR) is 130 cm³/mol. The second kappa shape index (κ2) is 16.9. The standard InChI is InChI=1S/C19H38N8O6S/c1-10(28)14(27-15(29)11(21)5-4-8-24-19(22)23)17(31)25-12(6-2-3-7-20)16(30)26-13(9-34)18(32)33/h10-14,28,34H,2-9,20-21H2,1H3,(H,25,31)(H,26,30)(H,27,29)(H,32,33)(H4,22,23,24). The van der Waals surface area contributed by atoms with Crippen LogP contribution in [0.25, 0.3) is 0 Å². The number of hydrogen-bond acceptors (Lipinski definition) is 9. The summed E-state index contributed by atoms with van der Waals surface area (Å²) in [5, 5.41) is 26.3. The van der Waals surface area contributed by atoms with Crippen LogP contribution in [0.1, 0.15) is 39.0 Å². The highest BCUT2D eigenvalue weighted by atomic mass is 32.1. The van der Waals surface area contributed by atoms with E-state index >= 15 is 0 Å². The number of thiol groups is 1. The Kier molecular flexibility index (Phi) is 15.6. The van der Waals surface area contributed by atoms with Gasteiger partial charge in [0.05, 0.1) is 12.1 Å². The van der Waals surface area contributed by atoms with E-state index in [2.05, 4.69) is 33.6 Å². The van der Waals surface area contributed by atoms with Crippen molar-refractivity contribution in [2.75, 3.05) is 18.8 Å². The zero-order valence-electron chi connectivity index (χ0n) is 19.3. The van der Waals surface area contributed by atoms with Gasteiger partial charge in [-0.15, -0.1) is 0 Å². The summed E-state index contributed by atoms with van der Waals surface area (Å²) in [5.74, 6) is -3.77. The summed E-state index contributed by atoms with van der Waals surface area (Å²) in [7, 11) is 0. The van der Waals surface area contributed by atoms with E-state index in [-0.39, 0.29) is 31.1 Å². The topological polar surface area (TPSA) is 261 Å². The minimum atomic E-state index is -1.40. The summed E-state index contributed by atoms with van der Waals surface area (Å²) in [5.41, 5.74) is 21.8. The van der Waals surface area contributed by atoms with Crippen LogP contribution < -0.4 is 38.9 Å². The Morgan fingerprint density at radius 3 is 2.06 bits per heavy atom. The highest BCUT2D eigenvalue weighted by Gasteiger charge is 2.32. The number of aliphatic hydroxyl groups is 1. The Labute approximate surface area is 204 Å². The lowest BCUT2D eigenvalue weighted by atomic mass is 10.1. The van der Waals surface area contributed by atoms with E-state index in [1.54, 1.807) is 0 Å². The van der Waals surface area contributed by atoms with Gasteiger partial charge in [-0.2, -0.15) is 12.6 Å². The predicted octanol–water partition coefficient (Wildman–Crippen LogP) is -3.65. The summed E-state index contributed by atoms with van der Waals surface area (Å²) >= 11 is 3.90. The lowest BCUT2D eigenvalue weighted by Crippen LogP contribution is -2.59. The van der Waals surface area contributed by atoms with Gasteiger partial charge in [0, 0.05) is 12.3 Å². The number of amides is 3. The van der Waals surface area contributed by atoms with E-state index in [0.717, 1.165) is 0 Å². The molecule has 0 aliphatic rings. The Balaban J connectivity index is 5.23. The van der Waals surface area contributed by atoms with E-state index in [1.165, 1.54) is 6.92 Å². The fraction of sp³-hybridized carbons (Fsp3) is 0.737. The molecule has 0 bridgehead atoms. The Bertz CT molecular complexity index is 704. The molecule has 196 valence electrons. The van der Waals surface area contributed by atoms with Gasteiger partial charge in [-0.1, -0.05) is 0 Å². The second-order valence-electron chi connectivity index (χ2n) is 7.71. The van der Waals surface area contributed by atoms with Crippen LogP contribution in [0.2, 0.25) is 0 Å². The zero-order valence-corrected chi connectivity index (χ0v) is 20.2. The number of carbonyl (C=O) groups excluding carboxylic acids is 3. The number of nitrogens with zero attached hydrogens (tertiary/aromatic N) is 1. The van der Waals surface area contributed by atoms with Crippen molar-refractivity contribution in [2.24, 2.45) is 27.9 Å². The number of unbranched alkanes of at least 4 members (excludes halogenated alkanes) is 1. The molecule has 5 unspecified atom stereocenters. The molecular weight excluding hydrogens is 468 g/mol. The number of guanidine groups is 1. The highest BCUT2D eigenvalue weighted by Crippen LogP contribution is 2.05. The third-order valence-electron chi connectivity index (χ3n) is 4.74. The molecule has 15 heteroatoms. The summed E-state index contributed by atoms with van der Waals surface area (Å²) in [6.07, 6.45) is 0.533. The largest absolute Gasteiger partial charge is 0.480 e. The van der Waals surface area contributed by atoms with Crippen LogP contribution in [0.4, 0.5) is 0 Å². The third-order valence-corrected chi connectivity index (χ3v) is 5.11. The number of aliphatic carboxylic acids is 1. The monoisotopic (exact) mass is 506 g/mol. The minimum Gasteiger partial charge on any atom is -0.480 e. The zero-order chi connectivity index (χ0) is 26.3. The number of rotatable bonds is 17. The van der Waals surface area contributed by atoms with Crippen molar-refractivity contribution in [1.29, 1.82) is 0 Å². The van der Waals surface area contributed by atoms with Crippen LogP contribution in [0.3, 0.4) is 0 Å². The maximum absolute atomic E-state index is 12.8. The van der Waals surface area contributed by atoms with Crippen molar-refractivity contribution in [3.05, 3.63) is 0 Å². The molecule has 0 saturated heterocycles. The molecule has 0 saturated carbocycles. The van der Waals surface area contributed by atoms with Crippen LogP contribution in [-0.2, 0) is 19.2 Å². The van der Waals surface area contributed by atoms with Crippen molar-refractivity contribution >= 4 is 42.3 Å². The lowest BCUT2D eigenvalue weighted by Gasteiger charge is -2.26. The minimum absolute atomic E-state index is 0.0852. The van der Waals surface area contributed by atoms with Crippen LogP contribution in [0.15, 0.2) is 4.99 Å². The highest BCUT2D eigenvalue weighted by molar-refractivity contribution is 7.80. The van der Waals surface area contributed by atoms with Crippen molar-refractivity contribution in [3.63, 3.8) is 0 Å². The van der Waals surface area contributed by atoms with Gasteiger partial charge in [0.15, 0.2) is 5.96 Å². The first-order chi connectivity index (χ1) is 15.9. The van der Waals surface area contributed by atoms with Crippen molar-refractivity contribution in [3.8, 4) is 0 Å². The molecule has 0 aliphatic carbocycles. The first-order valence-electron chi connectivity index (χ1n) is 10.9. The molecule has 13 N–H and O–H groups in total. The molecule has 0 aromatic heterocycles. The lowest BCUT2D eigenvalue weighted by molar-refractivity contribution is -0.141. The summed E-state index contributed by atoms with van der Waals surface area (Å²) in [6.45, 7) is 1.93. The quantitative estimate of drug-likeness (QED) is 0.0400. The Morgan fingerprint density at radius 1 is 0.941 bits per heavy atom. The molecule has 3 amide bonds. The van der Waals surface area contributed by atoms with Crippen LogP contribution in [0.5, 0.6) is 0 Å². The van der Waals surface area contributed by atoms with E-state index in [1.807, 2.05) is 0 Å². The van der Waals surface area contributed by atoms with E-state index in [4.69, 9.17) is 28.0 Å². The molecule has 0 rings (SSSR count). The molecule has 0 radical (unpaired) electrons. The number of aliphatic imine (C=N–C) groups is 1. The van der Waals surface area contributed by atoms with E-state index < -0.39 is 54.0 Å². The normalized spacial score (nSPS) is 15.2. The van der Waals surface area contributed by atoms with Gasteiger partial charge in [0.25, 0.3) is 0 Å². The van der Waals surface area contributed by atoms with Gasteiger partial charge in [-0.3, -0.25) is 19.4 Å². The average Bonchev–Trinajstić information content (AvgIpc) is 2.76. The van der Waals surface area contributed by atoms with Crippen LogP contribution in [0, 0.1) is 0 Å². The number of hydrogen-bond donors (Lipinski definition) is 10. The molecule has 0 spiro atoms. The second-order valence-corrected chi connectivity index (χ2v) is 8.07. The molecule has 0 aromatic carbocycles. The number of carboxylic acid groups (broad SMARTS) is 1. The fourth-order valence-electron chi connectivity index (χ4n) is 2.80. The van der Waals surface area contributed by atoms with Gasteiger partial charge in [-0.25, -0.2) is 4.79 Å². The van der Waals surface area contributed by atoms with E-state index in [9.17, 15) is 24.3 Å². The molecule has 0 aromatic rings. The summed E-state index contributed by atoms with van der Waals surface area (Å²) in [4.78, 5) is 52.8. The molecule has 0 aliphatic heterocycles. The van der Waals surface area contributed by atoms with Crippen molar-refractivity contribution in [1.82, 2.24) is 16.0 Å².